The maximum atomic E-state index is 5.10. The van der Waals surface area contributed by atoms with Crippen LogP contribution >= 0.6 is 0 Å². The SMILES string of the molecule is CC.COc1ncc(C)c2cc[nH]c12. The number of rotatable bonds is 1. The predicted octanol–water partition coefficient (Wildman–Crippen LogP) is 2.91. The number of methoxy groups -OCH3 is 1. The predicted molar refractivity (Wildman–Crippen MR) is 58.7 cm³/mol. The highest BCUT2D eigenvalue weighted by Gasteiger charge is 2.04. The Balaban J connectivity index is 0.000000461. The summed E-state index contributed by atoms with van der Waals surface area (Å²) in [5.74, 6) is 0.653. The van der Waals surface area contributed by atoms with Crippen LogP contribution in [0.5, 0.6) is 5.88 Å². The molecule has 0 aromatic carbocycles. The molecular weight excluding hydrogens is 176 g/mol. The van der Waals surface area contributed by atoms with Crippen LogP contribution in [0.4, 0.5) is 0 Å². The molecule has 3 heteroatoms. The van der Waals surface area contributed by atoms with Gasteiger partial charge in [-0.1, -0.05) is 13.8 Å². The summed E-state index contributed by atoms with van der Waals surface area (Å²) < 4.78 is 5.10. The molecule has 14 heavy (non-hydrogen) atoms. The van der Waals surface area contributed by atoms with Crippen LogP contribution in [0.3, 0.4) is 0 Å². The lowest BCUT2D eigenvalue weighted by Gasteiger charge is -2.01. The number of nitrogens with one attached hydrogen (secondary N) is 1. The summed E-state index contributed by atoms with van der Waals surface area (Å²) in [4.78, 5) is 7.24. The molecule has 2 aromatic heterocycles. The quantitative estimate of drug-likeness (QED) is 0.754. The van der Waals surface area contributed by atoms with Gasteiger partial charge in [0.1, 0.15) is 5.52 Å². The highest BCUT2D eigenvalue weighted by atomic mass is 16.5. The van der Waals surface area contributed by atoms with Gasteiger partial charge in [0, 0.05) is 17.8 Å². The molecule has 2 aromatic rings. The second-order valence-electron chi connectivity index (χ2n) is 2.72. The van der Waals surface area contributed by atoms with Gasteiger partial charge in [-0.25, -0.2) is 4.98 Å². The van der Waals surface area contributed by atoms with Gasteiger partial charge >= 0.3 is 0 Å². The van der Waals surface area contributed by atoms with Gasteiger partial charge in [-0.2, -0.15) is 0 Å². The van der Waals surface area contributed by atoms with E-state index in [0.717, 1.165) is 11.1 Å². The standard InChI is InChI=1S/C9H10N2O.C2H6/c1-6-5-11-9(12-2)8-7(6)3-4-10-8;1-2/h3-5,10H,1-2H3;1-2H3. The van der Waals surface area contributed by atoms with E-state index < -0.39 is 0 Å². The monoisotopic (exact) mass is 192 g/mol. The lowest BCUT2D eigenvalue weighted by Crippen LogP contribution is -1.89. The maximum Gasteiger partial charge on any atom is 0.238 e. The maximum absolute atomic E-state index is 5.10. The summed E-state index contributed by atoms with van der Waals surface area (Å²) >= 11 is 0. The zero-order chi connectivity index (χ0) is 10.6. The largest absolute Gasteiger partial charge is 0.479 e. The minimum atomic E-state index is 0.653. The first-order chi connectivity index (χ1) is 6.83. The number of aryl methyl sites for hydroxylation is 1. The van der Waals surface area contributed by atoms with Crippen LogP contribution in [0.25, 0.3) is 10.9 Å². The number of fused-ring (bicyclic) bond motifs is 1. The Labute approximate surface area is 84.1 Å². The van der Waals surface area contributed by atoms with E-state index in [1.165, 1.54) is 5.39 Å². The van der Waals surface area contributed by atoms with Crippen molar-refractivity contribution in [2.24, 2.45) is 0 Å². The number of aromatic amines is 1. The summed E-state index contributed by atoms with van der Waals surface area (Å²) in [5, 5.41) is 1.17. The Hall–Kier alpha value is -1.51. The zero-order valence-corrected chi connectivity index (χ0v) is 9.09. The lowest BCUT2D eigenvalue weighted by atomic mass is 10.2. The number of hydrogen-bond acceptors (Lipinski definition) is 2. The van der Waals surface area contributed by atoms with E-state index in [0.29, 0.717) is 5.88 Å². The minimum absolute atomic E-state index is 0.653. The van der Waals surface area contributed by atoms with E-state index in [9.17, 15) is 0 Å². The molecule has 0 atom stereocenters. The van der Waals surface area contributed by atoms with Gasteiger partial charge in [-0.05, 0) is 18.6 Å². The third-order valence-electron chi connectivity index (χ3n) is 1.95. The van der Waals surface area contributed by atoms with Crippen molar-refractivity contribution < 1.29 is 4.74 Å². The molecular formula is C11H16N2O. The fraction of sp³-hybridized carbons (Fsp3) is 0.364. The Morgan fingerprint density at radius 1 is 1.36 bits per heavy atom. The molecule has 3 nitrogen and oxygen atoms in total. The average Bonchev–Trinajstić information content (AvgIpc) is 2.71. The molecule has 0 saturated heterocycles. The van der Waals surface area contributed by atoms with Crippen molar-refractivity contribution in [3.8, 4) is 5.88 Å². The second kappa shape index (κ2) is 4.65. The van der Waals surface area contributed by atoms with Gasteiger partial charge in [0.05, 0.1) is 7.11 Å². The molecule has 76 valence electrons. The summed E-state index contributed by atoms with van der Waals surface area (Å²) in [7, 11) is 1.62. The first-order valence-electron chi connectivity index (χ1n) is 4.79. The third kappa shape index (κ3) is 1.71. The van der Waals surface area contributed by atoms with Gasteiger partial charge < -0.3 is 9.72 Å². The van der Waals surface area contributed by atoms with Crippen LogP contribution in [0, 0.1) is 6.92 Å². The second-order valence-corrected chi connectivity index (χ2v) is 2.72. The molecule has 0 fully saturated rings. The van der Waals surface area contributed by atoms with Crippen molar-refractivity contribution in [3.05, 3.63) is 24.0 Å². The van der Waals surface area contributed by atoms with Crippen LogP contribution in [0.15, 0.2) is 18.5 Å². The Morgan fingerprint density at radius 2 is 2.07 bits per heavy atom. The van der Waals surface area contributed by atoms with E-state index in [4.69, 9.17) is 4.74 Å². The average molecular weight is 192 g/mol. The van der Waals surface area contributed by atoms with Gasteiger partial charge in [0.2, 0.25) is 5.88 Å². The molecule has 0 amide bonds. The fourth-order valence-electron chi connectivity index (χ4n) is 1.32. The van der Waals surface area contributed by atoms with E-state index in [1.54, 1.807) is 7.11 Å². The minimum Gasteiger partial charge on any atom is -0.479 e. The van der Waals surface area contributed by atoms with Crippen molar-refractivity contribution in [1.82, 2.24) is 9.97 Å². The number of ether oxygens (including phenoxy) is 1. The lowest BCUT2D eigenvalue weighted by molar-refractivity contribution is 0.402. The van der Waals surface area contributed by atoms with Gasteiger partial charge in [-0.15, -0.1) is 0 Å². The number of H-pyrrole nitrogens is 1. The molecule has 0 aliphatic carbocycles. The van der Waals surface area contributed by atoms with Gasteiger partial charge in [0.25, 0.3) is 0 Å². The first-order valence-corrected chi connectivity index (χ1v) is 4.79. The van der Waals surface area contributed by atoms with Crippen LogP contribution in [-0.2, 0) is 0 Å². The Morgan fingerprint density at radius 3 is 2.71 bits per heavy atom. The number of aromatic nitrogens is 2. The van der Waals surface area contributed by atoms with Gasteiger partial charge in [0.15, 0.2) is 0 Å². The summed E-state index contributed by atoms with van der Waals surface area (Å²) in [5.41, 5.74) is 2.13. The number of hydrogen-bond donors (Lipinski definition) is 1. The van der Waals surface area contributed by atoms with E-state index in [2.05, 4.69) is 9.97 Å². The van der Waals surface area contributed by atoms with Crippen molar-refractivity contribution in [2.45, 2.75) is 20.8 Å². The molecule has 0 aliphatic rings. The van der Waals surface area contributed by atoms with Crippen molar-refractivity contribution in [2.75, 3.05) is 7.11 Å². The summed E-state index contributed by atoms with van der Waals surface area (Å²) in [6.07, 6.45) is 3.71. The van der Waals surface area contributed by atoms with Crippen molar-refractivity contribution in [1.29, 1.82) is 0 Å². The van der Waals surface area contributed by atoms with Crippen LogP contribution < -0.4 is 4.74 Å². The first kappa shape index (κ1) is 10.6. The highest BCUT2D eigenvalue weighted by Crippen LogP contribution is 2.23. The molecule has 2 rings (SSSR count). The number of pyridine rings is 1. The van der Waals surface area contributed by atoms with Crippen molar-refractivity contribution >= 4 is 10.9 Å². The van der Waals surface area contributed by atoms with Crippen molar-refractivity contribution in [3.63, 3.8) is 0 Å². The normalized spacial score (nSPS) is 9.43. The fourth-order valence-corrected chi connectivity index (χ4v) is 1.32. The zero-order valence-electron chi connectivity index (χ0n) is 9.09. The molecule has 1 N–H and O–H groups in total. The molecule has 0 radical (unpaired) electrons. The summed E-state index contributed by atoms with van der Waals surface area (Å²) in [6, 6.07) is 2.02. The van der Waals surface area contributed by atoms with E-state index in [-0.39, 0.29) is 0 Å². The molecule has 0 bridgehead atoms. The Bertz CT molecular complexity index is 407. The van der Waals surface area contributed by atoms with E-state index >= 15 is 0 Å². The van der Waals surface area contributed by atoms with Crippen LogP contribution in [0.1, 0.15) is 19.4 Å². The molecule has 0 saturated carbocycles. The Kier molecular flexibility index (Phi) is 3.51. The van der Waals surface area contributed by atoms with E-state index in [1.807, 2.05) is 39.2 Å². The third-order valence-corrected chi connectivity index (χ3v) is 1.95. The topological polar surface area (TPSA) is 37.9 Å². The smallest absolute Gasteiger partial charge is 0.238 e. The number of nitrogens with zero attached hydrogens (tertiary/aromatic N) is 1. The molecule has 0 unspecified atom stereocenters. The molecule has 0 spiro atoms. The van der Waals surface area contributed by atoms with Crippen LogP contribution in [-0.4, -0.2) is 17.1 Å². The van der Waals surface area contributed by atoms with Gasteiger partial charge in [-0.3, -0.25) is 0 Å². The highest BCUT2D eigenvalue weighted by molar-refractivity contribution is 5.86. The molecule has 2 heterocycles. The van der Waals surface area contributed by atoms with Crippen LogP contribution in [0.2, 0.25) is 0 Å². The molecule has 0 aliphatic heterocycles. The summed E-state index contributed by atoms with van der Waals surface area (Å²) in [6.45, 7) is 6.03.